The van der Waals surface area contributed by atoms with Crippen molar-refractivity contribution in [3.63, 3.8) is 0 Å². The lowest BCUT2D eigenvalue weighted by Crippen LogP contribution is -2.41. The van der Waals surface area contributed by atoms with Gasteiger partial charge in [0.15, 0.2) is 5.75 Å². The van der Waals surface area contributed by atoms with Gasteiger partial charge in [-0.2, -0.15) is 4.31 Å². The molecule has 35 heavy (non-hydrogen) atoms. The zero-order chi connectivity index (χ0) is 25.2. The molecule has 4 rings (SSSR count). The molecule has 0 saturated carbocycles. The first kappa shape index (κ1) is 26.1. The van der Waals surface area contributed by atoms with E-state index in [1.54, 1.807) is 42.5 Å². The van der Waals surface area contributed by atoms with E-state index >= 15 is 0 Å². The number of ether oxygens (including phenoxy) is 1. The van der Waals surface area contributed by atoms with Gasteiger partial charge in [0.25, 0.3) is 0 Å². The van der Waals surface area contributed by atoms with Crippen LogP contribution in [0.5, 0.6) is 11.5 Å². The Bertz CT molecular complexity index is 1360. The lowest BCUT2D eigenvalue weighted by Gasteiger charge is -2.31. The first-order valence-corrected chi connectivity index (χ1v) is 13.6. The number of piperidine rings is 1. The Hall–Kier alpha value is -2.00. The van der Waals surface area contributed by atoms with Crippen molar-refractivity contribution in [2.24, 2.45) is 5.92 Å². The maximum absolute atomic E-state index is 13.0. The molecule has 184 valence electrons. The Balaban J connectivity index is 1.42. The van der Waals surface area contributed by atoms with Crippen LogP contribution in [0.4, 0.5) is 5.69 Å². The van der Waals surface area contributed by atoms with Gasteiger partial charge in [0, 0.05) is 29.1 Å². The van der Waals surface area contributed by atoms with Crippen LogP contribution in [0.25, 0.3) is 0 Å². The minimum absolute atomic E-state index is 0.0403. The lowest BCUT2D eigenvalue weighted by atomic mass is 9.97. The van der Waals surface area contributed by atoms with E-state index < -0.39 is 10.0 Å². The van der Waals surface area contributed by atoms with Gasteiger partial charge in [-0.25, -0.2) is 8.42 Å². The summed E-state index contributed by atoms with van der Waals surface area (Å²) >= 11 is 24.2. The summed E-state index contributed by atoms with van der Waals surface area (Å²) in [6, 6.07) is 16.2. The molecule has 0 aliphatic carbocycles. The van der Waals surface area contributed by atoms with Crippen LogP contribution >= 0.6 is 46.4 Å². The van der Waals surface area contributed by atoms with Crippen molar-refractivity contribution in [2.45, 2.75) is 17.7 Å². The molecule has 1 saturated heterocycles. The number of hydrogen-bond acceptors (Lipinski definition) is 4. The minimum Gasteiger partial charge on any atom is -0.454 e. The highest BCUT2D eigenvalue weighted by molar-refractivity contribution is 7.89. The summed E-state index contributed by atoms with van der Waals surface area (Å²) in [4.78, 5) is 13.0. The lowest BCUT2D eigenvalue weighted by molar-refractivity contribution is -0.120. The summed E-state index contributed by atoms with van der Waals surface area (Å²) in [5.41, 5.74) is 0.476. The summed E-state index contributed by atoms with van der Waals surface area (Å²) in [5, 5.41) is 4.10. The maximum Gasteiger partial charge on any atom is 0.244 e. The van der Waals surface area contributed by atoms with Crippen LogP contribution in [-0.2, 0) is 14.8 Å². The van der Waals surface area contributed by atoms with Crippen LogP contribution in [0.15, 0.2) is 65.6 Å². The Morgan fingerprint density at radius 3 is 2.23 bits per heavy atom. The number of carbonyl (C=O) groups is 1. The molecule has 1 fully saturated rings. The predicted octanol–water partition coefficient (Wildman–Crippen LogP) is 7.13. The van der Waals surface area contributed by atoms with E-state index in [0.717, 1.165) is 0 Å². The van der Waals surface area contributed by atoms with Gasteiger partial charge >= 0.3 is 0 Å². The third kappa shape index (κ3) is 6.05. The second-order valence-corrected chi connectivity index (χ2v) is 11.5. The zero-order valence-corrected chi connectivity index (χ0v) is 22.0. The summed E-state index contributed by atoms with van der Waals surface area (Å²) < 4.78 is 33.3. The van der Waals surface area contributed by atoms with Gasteiger partial charge in [0.05, 0.1) is 15.7 Å². The van der Waals surface area contributed by atoms with E-state index in [1.807, 2.05) is 0 Å². The summed E-state index contributed by atoms with van der Waals surface area (Å²) in [6.45, 7) is 0.365. The van der Waals surface area contributed by atoms with Crippen LogP contribution in [0.3, 0.4) is 0 Å². The highest BCUT2D eigenvalue weighted by Crippen LogP contribution is 2.36. The SMILES string of the molecule is O=C(Nc1ccccc1Oc1ccc(Cl)cc1Cl)C1CCN(S(=O)(=O)c2cc(Cl)ccc2Cl)CC1. The number of hydrogen-bond donors (Lipinski definition) is 1. The number of sulfonamides is 1. The second kappa shape index (κ2) is 10.9. The van der Waals surface area contributed by atoms with E-state index in [0.29, 0.717) is 40.1 Å². The molecule has 1 heterocycles. The molecule has 0 atom stereocenters. The molecule has 3 aromatic rings. The van der Waals surface area contributed by atoms with Gasteiger partial charge in [0.2, 0.25) is 15.9 Å². The monoisotopic (exact) mass is 572 g/mol. The predicted molar refractivity (Wildman–Crippen MR) is 140 cm³/mol. The van der Waals surface area contributed by atoms with Crippen molar-refractivity contribution in [3.05, 3.63) is 80.8 Å². The normalized spacial score (nSPS) is 15.1. The van der Waals surface area contributed by atoms with Gasteiger partial charge in [-0.05, 0) is 61.4 Å². The third-order valence-corrected chi connectivity index (χ3v) is 8.74. The molecule has 11 heteroatoms. The smallest absolute Gasteiger partial charge is 0.244 e. The second-order valence-electron chi connectivity index (χ2n) is 7.92. The van der Waals surface area contributed by atoms with Crippen molar-refractivity contribution in [3.8, 4) is 11.5 Å². The molecule has 1 amide bonds. The number of amides is 1. The van der Waals surface area contributed by atoms with Gasteiger partial charge in [0.1, 0.15) is 10.6 Å². The van der Waals surface area contributed by atoms with Gasteiger partial charge < -0.3 is 10.1 Å². The number of benzene rings is 3. The van der Waals surface area contributed by atoms with E-state index in [2.05, 4.69) is 5.32 Å². The molecule has 3 aromatic carbocycles. The number of nitrogens with zero attached hydrogens (tertiary/aromatic N) is 1. The van der Waals surface area contributed by atoms with Crippen molar-refractivity contribution >= 4 is 68.0 Å². The van der Waals surface area contributed by atoms with Gasteiger partial charge in [-0.1, -0.05) is 58.5 Å². The molecule has 0 aromatic heterocycles. The van der Waals surface area contributed by atoms with E-state index in [-0.39, 0.29) is 39.9 Å². The fraction of sp³-hybridized carbons (Fsp3) is 0.208. The maximum atomic E-state index is 13.0. The first-order valence-electron chi connectivity index (χ1n) is 10.6. The standard InChI is InChI=1S/C24H20Cl4N2O4S/c25-16-6-8-21(19(28)13-16)34-22-4-2-1-3-20(22)29-24(31)15-9-11-30(12-10-15)35(32,33)23-14-17(26)5-7-18(23)27/h1-8,13-15H,9-12H2,(H,29,31). The summed E-state index contributed by atoms with van der Waals surface area (Å²) in [7, 11) is -3.83. The Morgan fingerprint density at radius 2 is 1.51 bits per heavy atom. The fourth-order valence-electron chi connectivity index (χ4n) is 3.74. The fourth-order valence-corrected chi connectivity index (χ4v) is 6.40. The van der Waals surface area contributed by atoms with Crippen molar-refractivity contribution in [1.29, 1.82) is 0 Å². The van der Waals surface area contributed by atoms with Crippen LogP contribution < -0.4 is 10.1 Å². The largest absolute Gasteiger partial charge is 0.454 e. The van der Waals surface area contributed by atoms with Crippen LogP contribution in [0, 0.1) is 5.92 Å². The van der Waals surface area contributed by atoms with Crippen LogP contribution in [0.1, 0.15) is 12.8 Å². The van der Waals surface area contributed by atoms with Crippen molar-refractivity contribution in [1.82, 2.24) is 4.31 Å². The molecule has 1 N–H and O–H groups in total. The minimum atomic E-state index is -3.83. The molecule has 0 radical (unpaired) electrons. The highest BCUT2D eigenvalue weighted by Gasteiger charge is 2.33. The molecule has 1 aliphatic heterocycles. The number of nitrogens with one attached hydrogen (secondary N) is 1. The molecule has 1 aliphatic rings. The van der Waals surface area contributed by atoms with Crippen molar-refractivity contribution in [2.75, 3.05) is 18.4 Å². The van der Waals surface area contributed by atoms with Crippen molar-refractivity contribution < 1.29 is 17.9 Å². The van der Waals surface area contributed by atoms with Crippen LogP contribution in [0.2, 0.25) is 20.1 Å². The number of carbonyl (C=O) groups excluding carboxylic acids is 1. The molecule has 0 unspecified atom stereocenters. The Kier molecular flexibility index (Phi) is 8.16. The average Bonchev–Trinajstić information content (AvgIpc) is 2.83. The highest BCUT2D eigenvalue weighted by atomic mass is 35.5. The third-order valence-electron chi connectivity index (χ3n) is 5.59. The molecular formula is C24H20Cl4N2O4S. The average molecular weight is 574 g/mol. The summed E-state index contributed by atoms with van der Waals surface area (Å²) in [6.07, 6.45) is 0.713. The Morgan fingerprint density at radius 1 is 0.857 bits per heavy atom. The zero-order valence-electron chi connectivity index (χ0n) is 18.2. The quantitative estimate of drug-likeness (QED) is 0.340. The number of anilines is 1. The molecule has 0 spiro atoms. The van der Waals surface area contributed by atoms with E-state index in [9.17, 15) is 13.2 Å². The van der Waals surface area contributed by atoms with Crippen LogP contribution in [-0.4, -0.2) is 31.7 Å². The summed E-state index contributed by atoms with van der Waals surface area (Å²) in [5.74, 6) is 0.223. The molecule has 0 bridgehead atoms. The first-order chi connectivity index (χ1) is 16.6. The van der Waals surface area contributed by atoms with E-state index in [1.165, 1.54) is 22.5 Å². The number of para-hydroxylation sites is 2. The van der Waals surface area contributed by atoms with Gasteiger partial charge in [-0.15, -0.1) is 0 Å². The molecular weight excluding hydrogens is 554 g/mol. The Labute approximate surface area is 223 Å². The molecule has 6 nitrogen and oxygen atoms in total. The van der Waals surface area contributed by atoms with E-state index in [4.69, 9.17) is 51.1 Å². The van der Waals surface area contributed by atoms with Gasteiger partial charge in [-0.3, -0.25) is 4.79 Å². The number of halogens is 4. The number of rotatable bonds is 6. The topological polar surface area (TPSA) is 75.7 Å².